The Kier molecular flexibility index (Phi) is 5.47. The first-order chi connectivity index (χ1) is 10.2. The number of benzene rings is 2. The first kappa shape index (κ1) is 15.7. The van der Waals surface area contributed by atoms with Crippen LogP contribution in [0.15, 0.2) is 40.9 Å². The van der Waals surface area contributed by atoms with Gasteiger partial charge in [-0.25, -0.2) is 0 Å². The van der Waals surface area contributed by atoms with Gasteiger partial charge in [0.25, 0.3) is 0 Å². The predicted molar refractivity (Wildman–Crippen MR) is 85.9 cm³/mol. The van der Waals surface area contributed by atoms with Crippen molar-refractivity contribution in [2.24, 2.45) is 5.73 Å². The van der Waals surface area contributed by atoms with Gasteiger partial charge in [-0.1, -0.05) is 34.1 Å². The van der Waals surface area contributed by atoms with Gasteiger partial charge in [-0.2, -0.15) is 0 Å². The monoisotopic (exact) mass is 351 g/mol. The number of hydrogen-bond acceptors (Lipinski definition) is 4. The highest BCUT2D eigenvalue weighted by atomic mass is 79.9. The molecule has 0 aliphatic carbocycles. The highest BCUT2D eigenvalue weighted by Gasteiger charge is 2.12. The van der Waals surface area contributed by atoms with Gasteiger partial charge in [-0.15, -0.1) is 0 Å². The molecule has 0 saturated carbocycles. The Hall–Kier alpha value is -1.72. The van der Waals surface area contributed by atoms with Crippen LogP contribution in [0.2, 0.25) is 0 Å². The fraction of sp³-hybridized carbons (Fsp3) is 0.250. The molecule has 0 aliphatic rings. The minimum absolute atomic E-state index is 0.405. The molecule has 0 atom stereocenters. The second-order valence-electron chi connectivity index (χ2n) is 4.41. The summed E-state index contributed by atoms with van der Waals surface area (Å²) in [5.41, 5.74) is 7.72. The number of para-hydroxylation sites is 1. The van der Waals surface area contributed by atoms with Gasteiger partial charge in [-0.05, 0) is 23.8 Å². The predicted octanol–water partition coefficient (Wildman–Crippen LogP) is 3.50. The van der Waals surface area contributed by atoms with Gasteiger partial charge in [0, 0.05) is 16.6 Å². The average Bonchev–Trinajstić information content (AvgIpc) is 2.53. The van der Waals surface area contributed by atoms with E-state index >= 15 is 0 Å². The summed E-state index contributed by atoms with van der Waals surface area (Å²) in [6.45, 7) is 0.919. The lowest BCUT2D eigenvalue weighted by Gasteiger charge is -2.15. The third kappa shape index (κ3) is 3.68. The highest BCUT2D eigenvalue weighted by molar-refractivity contribution is 9.10. The van der Waals surface area contributed by atoms with E-state index in [4.69, 9.17) is 19.9 Å². The van der Waals surface area contributed by atoms with E-state index in [1.165, 1.54) is 0 Å². The second kappa shape index (κ2) is 7.33. The quantitative estimate of drug-likeness (QED) is 0.865. The van der Waals surface area contributed by atoms with Gasteiger partial charge < -0.3 is 19.9 Å². The van der Waals surface area contributed by atoms with Crippen LogP contribution in [0.1, 0.15) is 11.1 Å². The van der Waals surface area contributed by atoms with Crippen molar-refractivity contribution >= 4 is 15.9 Å². The van der Waals surface area contributed by atoms with Crippen molar-refractivity contribution in [3.8, 4) is 17.2 Å². The smallest absolute Gasteiger partial charge is 0.203 e. The van der Waals surface area contributed by atoms with Crippen LogP contribution in [0.4, 0.5) is 0 Å². The molecule has 0 radical (unpaired) electrons. The molecule has 2 rings (SSSR count). The Morgan fingerprint density at radius 1 is 1.05 bits per heavy atom. The number of ether oxygens (including phenoxy) is 3. The third-order valence-electron chi connectivity index (χ3n) is 3.11. The topological polar surface area (TPSA) is 53.7 Å². The Labute approximate surface area is 132 Å². The van der Waals surface area contributed by atoms with Crippen LogP contribution in [0.5, 0.6) is 17.2 Å². The molecule has 0 saturated heterocycles. The number of hydrogen-bond donors (Lipinski definition) is 1. The number of halogens is 1. The van der Waals surface area contributed by atoms with E-state index in [0.717, 1.165) is 15.6 Å². The van der Waals surface area contributed by atoms with Crippen LogP contribution >= 0.6 is 15.9 Å². The molecule has 2 N–H and O–H groups in total. The molecule has 0 spiro atoms. The molecular formula is C16H18BrNO3. The second-order valence-corrected chi connectivity index (χ2v) is 5.26. The Bertz CT molecular complexity index is 594. The van der Waals surface area contributed by atoms with Crippen molar-refractivity contribution in [2.45, 2.75) is 13.2 Å². The zero-order chi connectivity index (χ0) is 15.2. The van der Waals surface area contributed by atoms with Crippen molar-refractivity contribution in [1.82, 2.24) is 0 Å². The summed E-state index contributed by atoms with van der Waals surface area (Å²) in [7, 11) is 3.21. The maximum absolute atomic E-state index is 5.88. The average molecular weight is 352 g/mol. The molecule has 0 bridgehead atoms. The van der Waals surface area contributed by atoms with Crippen LogP contribution in [-0.2, 0) is 13.2 Å². The Balaban J connectivity index is 2.20. The zero-order valence-corrected chi connectivity index (χ0v) is 13.6. The van der Waals surface area contributed by atoms with Crippen molar-refractivity contribution in [3.63, 3.8) is 0 Å². The van der Waals surface area contributed by atoms with Gasteiger partial charge >= 0.3 is 0 Å². The zero-order valence-electron chi connectivity index (χ0n) is 12.1. The SMILES string of the molecule is COc1cccc(OC)c1OCc1ccc(CN)cc1Br. The largest absolute Gasteiger partial charge is 0.493 e. The molecule has 0 aliphatic heterocycles. The molecule has 4 nitrogen and oxygen atoms in total. The maximum atomic E-state index is 5.88. The van der Waals surface area contributed by atoms with E-state index in [9.17, 15) is 0 Å². The summed E-state index contributed by atoms with van der Waals surface area (Å²) >= 11 is 3.53. The molecular weight excluding hydrogens is 334 g/mol. The van der Waals surface area contributed by atoms with Crippen LogP contribution in [0.3, 0.4) is 0 Å². The molecule has 0 fully saturated rings. The van der Waals surface area contributed by atoms with E-state index in [1.54, 1.807) is 14.2 Å². The fourth-order valence-electron chi connectivity index (χ4n) is 1.94. The molecule has 2 aromatic rings. The summed E-state index contributed by atoms with van der Waals surface area (Å²) in [5, 5.41) is 0. The standard InChI is InChI=1S/C16H18BrNO3/c1-19-14-4-3-5-15(20-2)16(14)21-10-12-7-6-11(9-18)8-13(12)17/h3-8H,9-10,18H2,1-2H3. The minimum Gasteiger partial charge on any atom is -0.493 e. The molecule has 0 amide bonds. The summed E-state index contributed by atoms with van der Waals surface area (Å²) in [4.78, 5) is 0. The molecule has 5 heteroatoms. The number of nitrogens with two attached hydrogens (primary N) is 1. The van der Waals surface area contributed by atoms with E-state index in [1.807, 2.05) is 36.4 Å². The number of methoxy groups -OCH3 is 2. The van der Waals surface area contributed by atoms with Crippen molar-refractivity contribution in [3.05, 3.63) is 52.0 Å². The van der Waals surface area contributed by atoms with Gasteiger partial charge in [-0.3, -0.25) is 0 Å². The van der Waals surface area contributed by atoms with Gasteiger partial charge in [0.1, 0.15) is 6.61 Å². The molecule has 21 heavy (non-hydrogen) atoms. The van der Waals surface area contributed by atoms with E-state index in [2.05, 4.69) is 15.9 Å². The molecule has 0 heterocycles. The van der Waals surface area contributed by atoms with Crippen molar-refractivity contribution in [2.75, 3.05) is 14.2 Å². The lowest BCUT2D eigenvalue weighted by molar-refractivity contribution is 0.265. The summed E-state index contributed by atoms with van der Waals surface area (Å²) in [5.74, 6) is 1.88. The molecule has 0 unspecified atom stereocenters. The van der Waals surface area contributed by atoms with E-state index < -0.39 is 0 Å². The number of rotatable bonds is 6. The van der Waals surface area contributed by atoms with Gasteiger partial charge in [0.15, 0.2) is 11.5 Å². The summed E-state index contributed by atoms with van der Waals surface area (Å²) < 4.78 is 17.5. The normalized spacial score (nSPS) is 10.3. The van der Waals surface area contributed by atoms with Crippen LogP contribution in [0.25, 0.3) is 0 Å². The first-order valence-corrected chi connectivity index (χ1v) is 7.30. The summed E-state index contributed by atoms with van der Waals surface area (Å²) in [6.07, 6.45) is 0. The van der Waals surface area contributed by atoms with Gasteiger partial charge in [0.2, 0.25) is 5.75 Å². The van der Waals surface area contributed by atoms with Gasteiger partial charge in [0.05, 0.1) is 14.2 Å². The fourth-order valence-corrected chi connectivity index (χ4v) is 2.48. The minimum atomic E-state index is 0.405. The molecule has 2 aromatic carbocycles. The summed E-state index contributed by atoms with van der Waals surface area (Å²) in [6, 6.07) is 11.5. The van der Waals surface area contributed by atoms with E-state index in [-0.39, 0.29) is 0 Å². The van der Waals surface area contributed by atoms with Crippen molar-refractivity contribution < 1.29 is 14.2 Å². The molecule has 112 valence electrons. The maximum Gasteiger partial charge on any atom is 0.203 e. The lowest BCUT2D eigenvalue weighted by Crippen LogP contribution is -2.02. The third-order valence-corrected chi connectivity index (χ3v) is 3.85. The molecule has 0 aromatic heterocycles. The van der Waals surface area contributed by atoms with Crippen LogP contribution in [0, 0.1) is 0 Å². The Morgan fingerprint density at radius 3 is 2.24 bits per heavy atom. The lowest BCUT2D eigenvalue weighted by atomic mass is 10.1. The highest BCUT2D eigenvalue weighted by Crippen LogP contribution is 2.37. The van der Waals surface area contributed by atoms with Crippen molar-refractivity contribution in [1.29, 1.82) is 0 Å². The first-order valence-electron chi connectivity index (χ1n) is 6.50. The van der Waals surface area contributed by atoms with Crippen LogP contribution < -0.4 is 19.9 Å². The Morgan fingerprint density at radius 2 is 1.71 bits per heavy atom. The van der Waals surface area contributed by atoms with Crippen LogP contribution in [-0.4, -0.2) is 14.2 Å². The van der Waals surface area contributed by atoms with E-state index in [0.29, 0.717) is 30.4 Å².